The number of imidazole rings is 1. The van der Waals surface area contributed by atoms with Gasteiger partial charge in [-0.25, -0.2) is 19.3 Å². The fourth-order valence-corrected chi connectivity index (χ4v) is 3.41. The lowest BCUT2D eigenvalue weighted by atomic mass is 9.85. The first kappa shape index (κ1) is 17.3. The molecule has 0 spiro atoms. The highest BCUT2D eigenvalue weighted by Gasteiger charge is 2.28. The summed E-state index contributed by atoms with van der Waals surface area (Å²) in [6.07, 6.45) is 9.64. The lowest BCUT2D eigenvalue weighted by molar-refractivity contribution is 0.616. The summed E-state index contributed by atoms with van der Waals surface area (Å²) in [5.41, 5.74) is 4.10. The Kier molecular flexibility index (Phi) is 4.62. The second kappa shape index (κ2) is 7.22. The minimum absolute atomic E-state index is 0.0338. The molecule has 1 aliphatic rings. The highest BCUT2D eigenvalue weighted by molar-refractivity contribution is 5.99. The van der Waals surface area contributed by atoms with Crippen LogP contribution in [0.5, 0.6) is 0 Å². The molecular formula is C19H20FN7. The number of aliphatic imine (C=N–C) groups is 1. The van der Waals surface area contributed by atoms with Crippen molar-refractivity contribution in [2.75, 3.05) is 5.32 Å². The standard InChI is InChI=1S/C19H20FN7/c1-3-15(27-19-17-18(23-9-22-17)24-10-25-19)16-14(5-4-11(2)26-16)12-6-13(20)8-21-7-12/h4,6-10,14-15H,3,5H2,1-2H3,(H2,22,23,24,25,27). The first-order chi connectivity index (χ1) is 13.2. The van der Waals surface area contributed by atoms with Crippen molar-refractivity contribution >= 4 is 22.7 Å². The van der Waals surface area contributed by atoms with E-state index in [-0.39, 0.29) is 17.8 Å². The molecule has 4 rings (SSSR count). The fourth-order valence-electron chi connectivity index (χ4n) is 3.41. The van der Waals surface area contributed by atoms with Crippen LogP contribution in [0.3, 0.4) is 0 Å². The molecule has 2 unspecified atom stereocenters. The molecule has 0 aliphatic carbocycles. The molecule has 3 aromatic rings. The zero-order chi connectivity index (χ0) is 18.8. The molecule has 0 saturated carbocycles. The highest BCUT2D eigenvalue weighted by Crippen LogP contribution is 2.30. The summed E-state index contributed by atoms with van der Waals surface area (Å²) in [4.78, 5) is 24.6. The maximum Gasteiger partial charge on any atom is 0.182 e. The van der Waals surface area contributed by atoms with Gasteiger partial charge in [-0.15, -0.1) is 0 Å². The Bertz CT molecular complexity index is 1020. The fraction of sp³-hybridized carbons (Fsp3) is 0.316. The van der Waals surface area contributed by atoms with Gasteiger partial charge in [-0.2, -0.15) is 0 Å². The third kappa shape index (κ3) is 3.42. The van der Waals surface area contributed by atoms with Gasteiger partial charge in [0, 0.05) is 23.5 Å². The molecule has 4 heterocycles. The summed E-state index contributed by atoms with van der Waals surface area (Å²) in [7, 11) is 0. The van der Waals surface area contributed by atoms with Gasteiger partial charge < -0.3 is 10.3 Å². The molecule has 0 bridgehead atoms. The Morgan fingerprint density at radius 1 is 1.30 bits per heavy atom. The van der Waals surface area contributed by atoms with E-state index >= 15 is 0 Å². The number of fused-ring (bicyclic) bond motifs is 1. The number of H-pyrrole nitrogens is 1. The van der Waals surface area contributed by atoms with Crippen LogP contribution in [0.4, 0.5) is 10.2 Å². The van der Waals surface area contributed by atoms with E-state index in [1.807, 2.05) is 6.92 Å². The van der Waals surface area contributed by atoms with Gasteiger partial charge in [0.05, 0.1) is 18.6 Å². The molecule has 2 N–H and O–H groups in total. The van der Waals surface area contributed by atoms with Gasteiger partial charge in [0.2, 0.25) is 0 Å². The van der Waals surface area contributed by atoms with Crippen LogP contribution in [0, 0.1) is 5.82 Å². The monoisotopic (exact) mass is 365 g/mol. The van der Waals surface area contributed by atoms with Crippen molar-refractivity contribution in [2.24, 2.45) is 4.99 Å². The van der Waals surface area contributed by atoms with Crippen LogP contribution < -0.4 is 5.32 Å². The van der Waals surface area contributed by atoms with Crippen LogP contribution in [0.15, 0.2) is 47.9 Å². The number of rotatable bonds is 5. The summed E-state index contributed by atoms with van der Waals surface area (Å²) in [6, 6.07) is 1.47. The first-order valence-corrected chi connectivity index (χ1v) is 8.92. The predicted molar refractivity (Wildman–Crippen MR) is 102 cm³/mol. The Labute approximate surface area is 155 Å². The molecule has 8 heteroatoms. The van der Waals surface area contributed by atoms with Gasteiger partial charge in [-0.3, -0.25) is 9.98 Å². The Hall–Kier alpha value is -3.16. The average molecular weight is 365 g/mol. The molecule has 27 heavy (non-hydrogen) atoms. The molecule has 7 nitrogen and oxygen atoms in total. The Morgan fingerprint density at radius 3 is 3.00 bits per heavy atom. The second-order valence-electron chi connectivity index (χ2n) is 6.54. The van der Waals surface area contributed by atoms with E-state index in [1.54, 1.807) is 12.5 Å². The van der Waals surface area contributed by atoms with Gasteiger partial charge in [-0.1, -0.05) is 13.0 Å². The highest BCUT2D eigenvalue weighted by atomic mass is 19.1. The lowest BCUT2D eigenvalue weighted by Crippen LogP contribution is -2.35. The van der Waals surface area contributed by atoms with Crippen LogP contribution in [-0.4, -0.2) is 36.7 Å². The van der Waals surface area contributed by atoms with Crippen LogP contribution in [0.2, 0.25) is 0 Å². The maximum atomic E-state index is 13.7. The van der Waals surface area contributed by atoms with Crippen LogP contribution in [0.1, 0.15) is 38.2 Å². The van der Waals surface area contributed by atoms with Crippen molar-refractivity contribution in [3.63, 3.8) is 0 Å². The zero-order valence-electron chi connectivity index (χ0n) is 15.1. The van der Waals surface area contributed by atoms with Crippen LogP contribution in [0.25, 0.3) is 11.2 Å². The van der Waals surface area contributed by atoms with E-state index in [9.17, 15) is 4.39 Å². The molecule has 1 aliphatic heterocycles. The largest absolute Gasteiger partial charge is 0.360 e. The number of nitrogens with one attached hydrogen (secondary N) is 2. The number of aromatic amines is 1. The summed E-state index contributed by atoms with van der Waals surface area (Å²) < 4.78 is 13.7. The number of hydrogen-bond donors (Lipinski definition) is 2. The summed E-state index contributed by atoms with van der Waals surface area (Å²) in [5.74, 6) is 0.304. The van der Waals surface area contributed by atoms with E-state index in [0.717, 1.165) is 35.3 Å². The quantitative estimate of drug-likeness (QED) is 0.721. The molecular weight excluding hydrogens is 345 g/mol. The van der Waals surface area contributed by atoms with Crippen molar-refractivity contribution in [1.29, 1.82) is 0 Å². The van der Waals surface area contributed by atoms with Crippen LogP contribution >= 0.6 is 0 Å². The third-order valence-electron chi connectivity index (χ3n) is 4.74. The number of aromatic nitrogens is 5. The number of nitrogens with zero attached hydrogens (tertiary/aromatic N) is 5. The number of hydrogen-bond acceptors (Lipinski definition) is 6. The van der Waals surface area contributed by atoms with Crippen molar-refractivity contribution in [2.45, 2.75) is 38.6 Å². The van der Waals surface area contributed by atoms with E-state index in [0.29, 0.717) is 11.5 Å². The molecule has 0 saturated heterocycles. The predicted octanol–water partition coefficient (Wildman–Crippen LogP) is 3.61. The van der Waals surface area contributed by atoms with E-state index < -0.39 is 0 Å². The Morgan fingerprint density at radius 2 is 2.19 bits per heavy atom. The maximum absolute atomic E-state index is 13.7. The summed E-state index contributed by atoms with van der Waals surface area (Å²) in [5, 5.41) is 3.47. The van der Waals surface area contributed by atoms with E-state index in [4.69, 9.17) is 4.99 Å². The van der Waals surface area contributed by atoms with Gasteiger partial charge in [-0.05, 0) is 31.4 Å². The third-order valence-corrected chi connectivity index (χ3v) is 4.74. The van der Waals surface area contributed by atoms with Crippen molar-refractivity contribution < 1.29 is 4.39 Å². The number of halogens is 1. The smallest absolute Gasteiger partial charge is 0.182 e. The van der Waals surface area contributed by atoms with Crippen molar-refractivity contribution in [3.05, 3.63) is 54.3 Å². The van der Waals surface area contributed by atoms with Crippen LogP contribution in [-0.2, 0) is 0 Å². The number of anilines is 1. The van der Waals surface area contributed by atoms with Crippen molar-refractivity contribution in [1.82, 2.24) is 24.9 Å². The number of pyridine rings is 1. The lowest BCUT2D eigenvalue weighted by Gasteiger charge is -2.29. The molecule has 0 radical (unpaired) electrons. The molecule has 0 aromatic carbocycles. The topological polar surface area (TPSA) is 91.7 Å². The van der Waals surface area contributed by atoms with Crippen molar-refractivity contribution in [3.8, 4) is 0 Å². The summed E-state index contributed by atoms with van der Waals surface area (Å²) in [6.45, 7) is 4.06. The Balaban J connectivity index is 1.70. The zero-order valence-corrected chi connectivity index (χ0v) is 15.1. The number of allylic oxidation sites excluding steroid dienone is 2. The minimum Gasteiger partial charge on any atom is -0.360 e. The molecule has 0 fully saturated rings. The minimum atomic E-state index is -0.339. The second-order valence-corrected chi connectivity index (χ2v) is 6.54. The molecule has 2 atom stereocenters. The molecule has 138 valence electrons. The molecule has 3 aromatic heterocycles. The van der Waals surface area contributed by atoms with E-state index in [1.165, 1.54) is 18.6 Å². The van der Waals surface area contributed by atoms with Gasteiger partial charge in [0.25, 0.3) is 0 Å². The summed E-state index contributed by atoms with van der Waals surface area (Å²) >= 11 is 0. The van der Waals surface area contributed by atoms with Gasteiger partial charge in [0.15, 0.2) is 11.5 Å². The van der Waals surface area contributed by atoms with Gasteiger partial charge >= 0.3 is 0 Å². The first-order valence-electron chi connectivity index (χ1n) is 8.92. The molecule has 0 amide bonds. The SMILES string of the molecule is CCC(Nc1ncnc2nc[nH]c12)C1=NC(C)=CCC1c1cncc(F)c1. The van der Waals surface area contributed by atoms with Gasteiger partial charge in [0.1, 0.15) is 17.7 Å². The normalized spacial score (nSPS) is 18.1. The van der Waals surface area contributed by atoms with E-state index in [2.05, 4.69) is 43.2 Å². The average Bonchev–Trinajstić information content (AvgIpc) is 3.15.